The zero-order valence-corrected chi connectivity index (χ0v) is 16.4. The van der Waals surface area contributed by atoms with Crippen LogP contribution in [0.4, 0.5) is 0 Å². The van der Waals surface area contributed by atoms with E-state index >= 15 is 0 Å². The number of nitrogens with one attached hydrogen (secondary N) is 1. The van der Waals surface area contributed by atoms with Gasteiger partial charge in [-0.25, -0.2) is 4.79 Å². The van der Waals surface area contributed by atoms with Crippen LogP contribution in [0.25, 0.3) is 10.1 Å². The highest BCUT2D eigenvalue weighted by molar-refractivity contribution is 7.21. The molecule has 0 spiro atoms. The average Bonchev–Trinajstić information content (AvgIpc) is 3.30. The van der Waals surface area contributed by atoms with Crippen molar-refractivity contribution in [2.24, 2.45) is 0 Å². The molecule has 0 aliphatic carbocycles. The highest BCUT2D eigenvalue weighted by atomic mass is 35.5. The summed E-state index contributed by atoms with van der Waals surface area (Å²) in [5.74, 6) is 0.300. The first kappa shape index (κ1) is 18.6. The van der Waals surface area contributed by atoms with E-state index in [9.17, 15) is 9.59 Å². The van der Waals surface area contributed by atoms with Crippen molar-refractivity contribution in [2.75, 3.05) is 13.4 Å². The summed E-state index contributed by atoms with van der Waals surface area (Å²) in [6.45, 7) is 1.63. The Morgan fingerprint density at radius 1 is 1.21 bits per heavy atom. The van der Waals surface area contributed by atoms with Gasteiger partial charge < -0.3 is 19.5 Å². The number of hydrogen-bond acceptors (Lipinski definition) is 6. The third-order valence-electron chi connectivity index (χ3n) is 4.33. The maximum absolute atomic E-state index is 12.3. The van der Waals surface area contributed by atoms with Gasteiger partial charge in [0.15, 0.2) is 18.1 Å². The molecule has 1 amide bonds. The third-order valence-corrected chi connectivity index (χ3v) is 5.98. The Labute approximate surface area is 170 Å². The lowest BCUT2D eigenvalue weighted by atomic mass is 10.1. The molecule has 2 aromatic carbocycles. The molecule has 1 N–H and O–H groups in total. The van der Waals surface area contributed by atoms with Crippen LogP contribution in [0.5, 0.6) is 11.5 Å². The average molecular weight is 418 g/mol. The van der Waals surface area contributed by atoms with Crippen molar-refractivity contribution in [3.63, 3.8) is 0 Å². The Bertz CT molecular complexity index is 1060. The third kappa shape index (κ3) is 3.63. The van der Waals surface area contributed by atoms with Gasteiger partial charge in [0.25, 0.3) is 5.91 Å². The van der Waals surface area contributed by atoms with Crippen LogP contribution in [0.1, 0.15) is 28.2 Å². The number of halogens is 1. The number of hydrogen-bond donors (Lipinski definition) is 1. The van der Waals surface area contributed by atoms with E-state index in [-0.39, 0.29) is 12.8 Å². The van der Waals surface area contributed by atoms with Gasteiger partial charge in [0.05, 0.1) is 11.1 Å². The number of fused-ring (bicyclic) bond motifs is 2. The number of ether oxygens (including phenoxy) is 3. The van der Waals surface area contributed by atoms with Crippen LogP contribution in [-0.4, -0.2) is 25.3 Å². The van der Waals surface area contributed by atoms with Gasteiger partial charge in [-0.15, -0.1) is 11.3 Å². The number of carbonyl (C=O) groups excluding carboxylic acids is 2. The Kier molecular flexibility index (Phi) is 5.11. The van der Waals surface area contributed by atoms with Crippen LogP contribution in [0.3, 0.4) is 0 Å². The maximum atomic E-state index is 12.3. The molecule has 4 rings (SSSR count). The molecule has 8 heteroatoms. The minimum Gasteiger partial charge on any atom is -0.454 e. The smallest absolute Gasteiger partial charge is 0.350 e. The van der Waals surface area contributed by atoms with E-state index in [2.05, 4.69) is 5.32 Å². The zero-order chi connectivity index (χ0) is 19.7. The second-order valence-electron chi connectivity index (χ2n) is 6.22. The summed E-state index contributed by atoms with van der Waals surface area (Å²) in [6.07, 6.45) is 0. The zero-order valence-electron chi connectivity index (χ0n) is 14.9. The molecule has 1 atom stereocenters. The first-order chi connectivity index (χ1) is 13.5. The number of rotatable bonds is 5. The molecule has 1 aromatic heterocycles. The van der Waals surface area contributed by atoms with E-state index in [1.54, 1.807) is 6.07 Å². The summed E-state index contributed by atoms with van der Waals surface area (Å²) in [4.78, 5) is 24.8. The summed E-state index contributed by atoms with van der Waals surface area (Å²) < 4.78 is 16.6. The van der Waals surface area contributed by atoms with Gasteiger partial charge in [0, 0.05) is 10.1 Å². The molecule has 0 radical (unpaired) electrons. The molecule has 144 valence electrons. The van der Waals surface area contributed by atoms with Crippen LogP contribution in [0.15, 0.2) is 42.5 Å². The van der Waals surface area contributed by atoms with Gasteiger partial charge in [-0.1, -0.05) is 35.9 Å². The molecule has 3 aromatic rings. The van der Waals surface area contributed by atoms with Gasteiger partial charge in [-0.05, 0) is 30.7 Å². The van der Waals surface area contributed by atoms with Crippen molar-refractivity contribution in [2.45, 2.75) is 13.0 Å². The van der Waals surface area contributed by atoms with E-state index in [1.165, 1.54) is 11.3 Å². The molecular weight excluding hydrogens is 402 g/mol. The monoisotopic (exact) mass is 417 g/mol. The molecule has 1 aliphatic rings. The molecule has 1 aliphatic heterocycles. The van der Waals surface area contributed by atoms with Gasteiger partial charge >= 0.3 is 5.97 Å². The summed E-state index contributed by atoms with van der Waals surface area (Å²) in [6, 6.07) is 12.6. The van der Waals surface area contributed by atoms with Crippen LogP contribution >= 0.6 is 22.9 Å². The Morgan fingerprint density at radius 3 is 2.82 bits per heavy atom. The van der Waals surface area contributed by atoms with Gasteiger partial charge in [-0.3, -0.25) is 4.79 Å². The van der Waals surface area contributed by atoms with E-state index in [0.29, 0.717) is 21.4 Å². The van der Waals surface area contributed by atoms with Crippen molar-refractivity contribution in [1.82, 2.24) is 5.32 Å². The molecule has 2 heterocycles. The van der Waals surface area contributed by atoms with Crippen molar-refractivity contribution < 1.29 is 23.8 Å². The minimum absolute atomic E-state index is 0.190. The predicted octanol–water partition coefficient (Wildman–Crippen LogP) is 4.32. The van der Waals surface area contributed by atoms with E-state index in [0.717, 1.165) is 15.6 Å². The number of amides is 1. The highest BCUT2D eigenvalue weighted by Gasteiger charge is 2.20. The molecule has 28 heavy (non-hydrogen) atoms. The van der Waals surface area contributed by atoms with Crippen LogP contribution < -0.4 is 14.8 Å². The van der Waals surface area contributed by atoms with Crippen molar-refractivity contribution >= 4 is 44.9 Å². The molecule has 0 fully saturated rings. The topological polar surface area (TPSA) is 73.9 Å². The molecule has 1 unspecified atom stereocenters. The molecular formula is C20H16ClNO5S. The molecule has 0 saturated heterocycles. The molecule has 0 saturated carbocycles. The standard InChI is InChI=1S/C20H16ClNO5S/c1-11(12-6-7-14-15(8-12)27-10-26-14)22-17(23)9-25-20(24)19-18(21)13-4-2-3-5-16(13)28-19/h2-8,11H,9-10H2,1H3,(H,22,23). The second kappa shape index (κ2) is 7.69. The van der Waals surface area contributed by atoms with Gasteiger partial charge in [0.1, 0.15) is 4.88 Å². The number of benzene rings is 2. The molecule has 0 bridgehead atoms. The SMILES string of the molecule is CC(NC(=O)COC(=O)c1sc2ccccc2c1Cl)c1ccc2c(c1)OCO2. The summed E-state index contributed by atoms with van der Waals surface area (Å²) in [7, 11) is 0. The van der Waals surface area contributed by atoms with E-state index in [4.69, 9.17) is 25.8 Å². The van der Waals surface area contributed by atoms with Crippen molar-refractivity contribution in [1.29, 1.82) is 0 Å². The lowest BCUT2D eigenvalue weighted by Gasteiger charge is -2.14. The van der Waals surface area contributed by atoms with Crippen LogP contribution in [-0.2, 0) is 9.53 Å². The second-order valence-corrected chi connectivity index (χ2v) is 7.65. The quantitative estimate of drug-likeness (QED) is 0.626. The summed E-state index contributed by atoms with van der Waals surface area (Å²) in [5.41, 5.74) is 0.858. The van der Waals surface area contributed by atoms with E-state index in [1.807, 2.05) is 43.3 Å². The first-order valence-corrected chi connectivity index (χ1v) is 9.75. The first-order valence-electron chi connectivity index (χ1n) is 8.56. The van der Waals surface area contributed by atoms with E-state index < -0.39 is 18.5 Å². The summed E-state index contributed by atoms with van der Waals surface area (Å²) >= 11 is 7.51. The Hall–Kier alpha value is -2.77. The van der Waals surface area contributed by atoms with Gasteiger partial charge in [-0.2, -0.15) is 0 Å². The highest BCUT2D eigenvalue weighted by Crippen LogP contribution is 2.36. The lowest BCUT2D eigenvalue weighted by Crippen LogP contribution is -2.31. The fraction of sp³-hybridized carbons (Fsp3) is 0.200. The number of carbonyl (C=O) groups is 2. The number of esters is 1. The fourth-order valence-corrected chi connectivity index (χ4v) is 4.29. The largest absolute Gasteiger partial charge is 0.454 e. The van der Waals surface area contributed by atoms with Crippen LogP contribution in [0.2, 0.25) is 5.02 Å². The van der Waals surface area contributed by atoms with Gasteiger partial charge in [0.2, 0.25) is 6.79 Å². The maximum Gasteiger partial charge on any atom is 0.350 e. The lowest BCUT2D eigenvalue weighted by molar-refractivity contribution is -0.124. The van der Waals surface area contributed by atoms with Crippen molar-refractivity contribution in [3.8, 4) is 11.5 Å². The Morgan fingerprint density at radius 2 is 2.00 bits per heavy atom. The molecule has 6 nitrogen and oxygen atoms in total. The fourth-order valence-electron chi connectivity index (χ4n) is 2.89. The van der Waals surface area contributed by atoms with Crippen molar-refractivity contribution in [3.05, 3.63) is 57.9 Å². The minimum atomic E-state index is -0.614. The van der Waals surface area contributed by atoms with Crippen LogP contribution in [0, 0.1) is 0 Å². The predicted molar refractivity (Wildman–Crippen MR) is 106 cm³/mol. The number of thiophene rings is 1. The normalized spacial score (nSPS) is 13.4. The summed E-state index contributed by atoms with van der Waals surface area (Å²) in [5, 5.41) is 3.93. The Balaban J connectivity index is 1.36.